The standard InChI is InChI=1S/C23H27Cl2N5OS/c1-5-18(29(3)4)22-27-28-23(30(22)13-16-9-7-6-8-10-16)32-14-19(31)26-21-17(24)12-11-15(2)20(21)25/h6-12,18H,5,13-14H2,1-4H3,(H,26,31)/t18-/m0/s1. The number of carbonyl (C=O) groups is 1. The molecule has 1 N–H and O–H groups in total. The highest BCUT2D eigenvalue weighted by Gasteiger charge is 2.23. The third kappa shape index (κ3) is 5.84. The van der Waals surface area contributed by atoms with Gasteiger partial charge in [0.05, 0.1) is 34.1 Å². The first kappa shape index (κ1) is 24.6. The third-order valence-electron chi connectivity index (χ3n) is 5.12. The van der Waals surface area contributed by atoms with Crippen LogP contribution in [-0.4, -0.2) is 45.4 Å². The Kier molecular flexibility index (Phi) is 8.59. The number of benzene rings is 2. The number of nitrogens with one attached hydrogen (secondary N) is 1. The molecule has 1 heterocycles. The van der Waals surface area contributed by atoms with Gasteiger partial charge in [0, 0.05) is 0 Å². The SMILES string of the molecule is CC[C@@H](c1nnc(SCC(=O)Nc2c(Cl)ccc(C)c2Cl)n1Cc1ccccc1)N(C)C. The number of anilines is 1. The Morgan fingerprint density at radius 2 is 1.88 bits per heavy atom. The van der Waals surface area contributed by atoms with E-state index in [9.17, 15) is 4.79 Å². The molecule has 1 amide bonds. The van der Waals surface area contributed by atoms with Crippen LogP contribution < -0.4 is 5.32 Å². The molecule has 0 saturated carbocycles. The Morgan fingerprint density at radius 1 is 1.16 bits per heavy atom. The highest BCUT2D eigenvalue weighted by atomic mass is 35.5. The average molecular weight is 492 g/mol. The van der Waals surface area contributed by atoms with E-state index in [1.807, 2.05) is 45.3 Å². The molecular formula is C23H27Cl2N5OS. The summed E-state index contributed by atoms with van der Waals surface area (Å²) < 4.78 is 2.09. The van der Waals surface area contributed by atoms with Gasteiger partial charge in [-0.05, 0) is 44.6 Å². The number of rotatable bonds is 9. The predicted octanol–water partition coefficient (Wildman–Crippen LogP) is 5.69. The van der Waals surface area contributed by atoms with Crippen LogP contribution in [0.25, 0.3) is 0 Å². The molecule has 0 bridgehead atoms. The average Bonchev–Trinajstić information content (AvgIpc) is 3.15. The van der Waals surface area contributed by atoms with Gasteiger partial charge in [0.25, 0.3) is 0 Å². The van der Waals surface area contributed by atoms with Crippen molar-refractivity contribution >= 4 is 46.6 Å². The van der Waals surface area contributed by atoms with Crippen molar-refractivity contribution < 1.29 is 4.79 Å². The van der Waals surface area contributed by atoms with Gasteiger partial charge < -0.3 is 9.88 Å². The molecule has 170 valence electrons. The van der Waals surface area contributed by atoms with E-state index < -0.39 is 0 Å². The summed E-state index contributed by atoms with van der Waals surface area (Å²) in [5.74, 6) is 0.834. The first-order valence-electron chi connectivity index (χ1n) is 10.3. The van der Waals surface area contributed by atoms with Crippen molar-refractivity contribution in [1.82, 2.24) is 19.7 Å². The molecule has 6 nitrogen and oxygen atoms in total. The summed E-state index contributed by atoms with van der Waals surface area (Å²) in [5, 5.41) is 13.3. The molecule has 0 aliphatic carbocycles. The van der Waals surface area contributed by atoms with Gasteiger partial charge in [0.2, 0.25) is 5.91 Å². The molecule has 0 radical (unpaired) electrons. The minimum Gasteiger partial charge on any atom is -0.323 e. The summed E-state index contributed by atoms with van der Waals surface area (Å²) in [5.41, 5.74) is 2.43. The molecule has 0 aliphatic rings. The molecule has 3 aromatic rings. The zero-order chi connectivity index (χ0) is 23.3. The number of thioether (sulfide) groups is 1. The van der Waals surface area contributed by atoms with E-state index in [4.69, 9.17) is 23.2 Å². The maximum Gasteiger partial charge on any atom is 0.234 e. The van der Waals surface area contributed by atoms with Crippen LogP contribution in [0.2, 0.25) is 10.0 Å². The molecular weight excluding hydrogens is 465 g/mol. The fourth-order valence-corrected chi connectivity index (χ4v) is 4.63. The fourth-order valence-electron chi connectivity index (χ4n) is 3.42. The Bertz CT molecular complexity index is 1070. The Hall–Kier alpha value is -2.06. The topological polar surface area (TPSA) is 63.1 Å². The first-order valence-corrected chi connectivity index (χ1v) is 12.1. The van der Waals surface area contributed by atoms with Crippen molar-refractivity contribution in [2.24, 2.45) is 0 Å². The number of aromatic nitrogens is 3. The smallest absolute Gasteiger partial charge is 0.234 e. The Morgan fingerprint density at radius 3 is 2.53 bits per heavy atom. The van der Waals surface area contributed by atoms with E-state index in [2.05, 4.69) is 44.0 Å². The second-order valence-corrected chi connectivity index (χ2v) is 9.42. The Balaban J connectivity index is 1.81. The predicted molar refractivity (Wildman–Crippen MR) is 133 cm³/mol. The summed E-state index contributed by atoms with van der Waals surface area (Å²) in [7, 11) is 4.07. The van der Waals surface area contributed by atoms with Gasteiger partial charge in [-0.15, -0.1) is 10.2 Å². The second kappa shape index (κ2) is 11.2. The van der Waals surface area contributed by atoms with E-state index in [0.717, 1.165) is 23.4 Å². The van der Waals surface area contributed by atoms with Crippen LogP contribution in [0, 0.1) is 6.92 Å². The number of nitrogens with zero attached hydrogens (tertiary/aromatic N) is 4. The number of hydrogen-bond donors (Lipinski definition) is 1. The lowest BCUT2D eigenvalue weighted by Gasteiger charge is -2.23. The van der Waals surface area contributed by atoms with Crippen molar-refractivity contribution in [3.63, 3.8) is 0 Å². The van der Waals surface area contributed by atoms with Gasteiger partial charge in [-0.1, -0.05) is 78.3 Å². The summed E-state index contributed by atoms with van der Waals surface area (Å²) in [6, 6.07) is 13.8. The van der Waals surface area contributed by atoms with Gasteiger partial charge in [-0.3, -0.25) is 9.69 Å². The van der Waals surface area contributed by atoms with Gasteiger partial charge >= 0.3 is 0 Å². The molecule has 0 fully saturated rings. The molecule has 0 aliphatic heterocycles. The zero-order valence-electron chi connectivity index (χ0n) is 18.6. The van der Waals surface area contributed by atoms with Crippen molar-refractivity contribution in [2.45, 2.75) is 38.0 Å². The maximum atomic E-state index is 12.7. The van der Waals surface area contributed by atoms with Crippen LogP contribution in [0.1, 0.15) is 36.3 Å². The number of aryl methyl sites for hydroxylation is 1. The van der Waals surface area contributed by atoms with E-state index in [1.165, 1.54) is 11.8 Å². The third-order valence-corrected chi connectivity index (χ3v) is 6.89. The molecule has 1 aromatic heterocycles. The van der Waals surface area contributed by atoms with Crippen LogP contribution in [-0.2, 0) is 11.3 Å². The molecule has 3 rings (SSSR count). The van der Waals surface area contributed by atoms with Gasteiger partial charge in [0.15, 0.2) is 11.0 Å². The fraction of sp³-hybridized carbons (Fsp3) is 0.348. The number of amides is 1. The van der Waals surface area contributed by atoms with Gasteiger partial charge in [-0.25, -0.2) is 0 Å². The molecule has 32 heavy (non-hydrogen) atoms. The Labute approximate surface area is 203 Å². The number of hydrogen-bond acceptors (Lipinski definition) is 5. The monoisotopic (exact) mass is 491 g/mol. The normalized spacial score (nSPS) is 12.2. The number of carbonyl (C=O) groups excluding carboxylic acids is 1. The van der Waals surface area contributed by atoms with E-state index in [1.54, 1.807) is 6.07 Å². The van der Waals surface area contributed by atoms with Crippen molar-refractivity contribution in [3.05, 3.63) is 69.5 Å². The van der Waals surface area contributed by atoms with Crippen LogP contribution in [0.5, 0.6) is 0 Å². The van der Waals surface area contributed by atoms with Crippen molar-refractivity contribution in [1.29, 1.82) is 0 Å². The molecule has 1 atom stereocenters. The van der Waals surface area contributed by atoms with E-state index >= 15 is 0 Å². The van der Waals surface area contributed by atoms with Crippen LogP contribution in [0.3, 0.4) is 0 Å². The maximum absolute atomic E-state index is 12.7. The lowest BCUT2D eigenvalue weighted by Crippen LogP contribution is -2.23. The lowest BCUT2D eigenvalue weighted by atomic mass is 10.2. The van der Waals surface area contributed by atoms with E-state index in [0.29, 0.717) is 27.4 Å². The first-order chi connectivity index (χ1) is 15.3. The summed E-state index contributed by atoms with van der Waals surface area (Å²) in [6.07, 6.45) is 0.898. The van der Waals surface area contributed by atoms with Crippen LogP contribution in [0.4, 0.5) is 5.69 Å². The number of halogens is 2. The summed E-state index contributed by atoms with van der Waals surface area (Å²) in [6.45, 7) is 4.63. The molecule has 0 saturated heterocycles. The second-order valence-electron chi connectivity index (χ2n) is 7.69. The van der Waals surface area contributed by atoms with Crippen molar-refractivity contribution in [2.75, 3.05) is 25.2 Å². The minimum absolute atomic E-state index is 0.124. The zero-order valence-corrected chi connectivity index (χ0v) is 20.9. The van der Waals surface area contributed by atoms with Crippen LogP contribution in [0.15, 0.2) is 47.6 Å². The molecule has 0 unspecified atom stereocenters. The highest BCUT2D eigenvalue weighted by Crippen LogP contribution is 2.33. The quantitative estimate of drug-likeness (QED) is 0.389. The summed E-state index contributed by atoms with van der Waals surface area (Å²) >= 11 is 13.9. The molecule has 2 aromatic carbocycles. The molecule has 9 heteroatoms. The highest BCUT2D eigenvalue weighted by molar-refractivity contribution is 7.99. The minimum atomic E-state index is -0.208. The lowest BCUT2D eigenvalue weighted by molar-refractivity contribution is -0.113. The van der Waals surface area contributed by atoms with Crippen molar-refractivity contribution in [3.8, 4) is 0 Å². The van der Waals surface area contributed by atoms with E-state index in [-0.39, 0.29) is 17.7 Å². The summed E-state index contributed by atoms with van der Waals surface area (Å²) in [4.78, 5) is 14.8. The van der Waals surface area contributed by atoms with Crippen LogP contribution >= 0.6 is 35.0 Å². The largest absolute Gasteiger partial charge is 0.323 e. The van der Waals surface area contributed by atoms with Gasteiger partial charge in [0.1, 0.15) is 0 Å². The van der Waals surface area contributed by atoms with Gasteiger partial charge in [-0.2, -0.15) is 0 Å². The molecule has 0 spiro atoms.